The van der Waals surface area contributed by atoms with E-state index in [-0.39, 0.29) is 4.48 Å². The second-order valence-corrected chi connectivity index (χ2v) is 2.65. The van der Waals surface area contributed by atoms with Crippen molar-refractivity contribution in [1.29, 1.82) is 0 Å². The van der Waals surface area contributed by atoms with Crippen molar-refractivity contribution < 1.29 is 4.39 Å². The summed E-state index contributed by atoms with van der Waals surface area (Å²) in [7, 11) is 0. The highest BCUT2D eigenvalue weighted by Gasteiger charge is 2.18. The maximum absolute atomic E-state index is 12.4. The van der Waals surface area contributed by atoms with Crippen molar-refractivity contribution in [3.05, 3.63) is 33.6 Å². The predicted octanol–water partition coefficient (Wildman–Crippen LogP) is 3.06. The second-order valence-electron chi connectivity index (χ2n) is 1.45. The maximum Gasteiger partial charge on any atom is 0.301 e. The average Bonchev–Trinajstić information content (AvgIpc) is 1.83. The van der Waals surface area contributed by atoms with Crippen LogP contribution in [0.3, 0.4) is 0 Å². The fraction of sp³-hybridized carbons (Fsp3) is 0. The topological polar surface area (TPSA) is 0 Å². The first-order valence-electron chi connectivity index (χ1n) is 2.23. The van der Waals surface area contributed by atoms with Gasteiger partial charge in [-0.3, -0.25) is 0 Å². The first kappa shape index (κ1) is 6.94. The minimum Gasteiger partial charge on any atom is -0.163 e. The zero-order valence-electron chi connectivity index (χ0n) is 4.29. The summed E-state index contributed by atoms with van der Waals surface area (Å²) >= 11 is 8.45. The van der Waals surface area contributed by atoms with E-state index in [9.17, 15) is 4.39 Å². The van der Waals surface area contributed by atoms with Crippen molar-refractivity contribution in [3.8, 4) is 0 Å². The molecule has 0 heterocycles. The summed E-state index contributed by atoms with van der Waals surface area (Å²) < 4.78 is 12.7. The Balaban J connectivity index is 3.06. The molecule has 0 aromatic heterocycles. The molecular weight excluding hydrogens is 206 g/mol. The summed E-state index contributed by atoms with van der Waals surface area (Å²) in [6, 6.07) is 0. The molecule has 1 aliphatic carbocycles. The van der Waals surface area contributed by atoms with Gasteiger partial charge in [0.05, 0.1) is 12.2 Å². The lowest BCUT2D eigenvalue weighted by Crippen LogP contribution is -1.81. The van der Waals surface area contributed by atoms with E-state index in [1.54, 1.807) is 6.08 Å². The molecule has 1 aliphatic rings. The molecule has 0 saturated carbocycles. The number of hydrogen-bond donors (Lipinski definition) is 0. The molecule has 0 saturated heterocycles. The SMILES string of the molecule is FC1=[C+]C=CC(Cl)=C1Br. The van der Waals surface area contributed by atoms with E-state index in [1.807, 2.05) is 0 Å². The van der Waals surface area contributed by atoms with Gasteiger partial charge in [-0.05, 0) is 0 Å². The van der Waals surface area contributed by atoms with Crippen molar-refractivity contribution in [3.63, 3.8) is 0 Å². The van der Waals surface area contributed by atoms with Crippen LogP contribution in [0.25, 0.3) is 0 Å². The predicted molar refractivity (Wildman–Crippen MR) is 38.8 cm³/mol. The highest BCUT2D eigenvalue weighted by Crippen LogP contribution is 2.28. The maximum atomic E-state index is 12.4. The van der Waals surface area contributed by atoms with E-state index in [2.05, 4.69) is 22.0 Å². The molecule has 46 valence electrons. The van der Waals surface area contributed by atoms with Crippen LogP contribution in [0.5, 0.6) is 0 Å². The normalized spacial score (nSPS) is 17.4. The molecule has 0 spiro atoms. The van der Waals surface area contributed by atoms with Gasteiger partial charge in [0.1, 0.15) is 6.08 Å². The first-order valence-corrected chi connectivity index (χ1v) is 3.40. The molecule has 0 bridgehead atoms. The van der Waals surface area contributed by atoms with Gasteiger partial charge >= 0.3 is 5.83 Å². The van der Waals surface area contributed by atoms with Crippen molar-refractivity contribution >= 4 is 27.5 Å². The standard InChI is InChI=1S/C6H2BrClF/c7-6-4(8)2-1-3-5(6)9/h1-2H/q+1. The molecule has 0 aromatic rings. The van der Waals surface area contributed by atoms with Gasteiger partial charge in [-0.2, -0.15) is 4.39 Å². The van der Waals surface area contributed by atoms with E-state index < -0.39 is 5.83 Å². The lowest BCUT2D eigenvalue weighted by Gasteiger charge is -1.88. The van der Waals surface area contributed by atoms with Gasteiger partial charge in [-0.15, -0.1) is 0 Å². The Morgan fingerprint density at radius 1 is 1.67 bits per heavy atom. The van der Waals surface area contributed by atoms with E-state index >= 15 is 0 Å². The zero-order valence-corrected chi connectivity index (χ0v) is 6.63. The van der Waals surface area contributed by atoms with Crippen LogP contribution in [0.1, 0.15) is 0 Å². The Kier molecular flexibility index (Phi) is 2.01. The summed E-state index contributed by atoms with van der Waals surface area (Å²) in [5.41, 5.74) is 0. The molecule has 3 heteroatoms. The van der Waals surface area contributed by atoms with Crippen LogP contribution in [0, 0.1) is 6.08 Å². The molecule has 0 N–H and O–H groups in total. The minimum absolute atomic E-state index is 0.270. The van der Waals surface area contributed by atoms with E-state index in [4.69, 9.17) is 11.6 Å². The van der Waals surface area contributed by atoms with Gasteiger partial charge in [0.25, 0.3) is 0 Å². The lowest BCUT2D eigenvalue weighted by molar-refractivity contribution is 0.659. The highest BCUT2D eigenvalue weighted by atomic mass is 79.9. The summed E-state index contributed by atoms with van der Waals surface area (Å²) in [6.07, 6.45) is 5.34. The average molecular weight is 208 g/mol. The van der Waals surface area contributed by atoms with Gasteiger partial charge in [0.15, 0.2) is 9.51 Å². The largest absolute Gasteiger partial charge is 0.301 e. The summed E-state index contributed by atoms with van der Waals surface area (Å²) in [5, 5.41) is 0.367. The molecular formula is C6H2BrClF+. The molecule has 0 atom stereocenters. The smallest absolute Gasteiger partial charge is 0.163 e. The molecule has 0 radical (unpaired) electrons. The Morgan fingerprint density at radius 2 is 2.33 bits per heavy atom. The van der Waals surface area contributed by atoms with Crippen molar-refractivity contribution in [2.45, 2.75) is 0 Å². The van der Waals surface area contributed by atoms with Gasteiger partial charge in [-0.25, -0.2) is 0 Å². The molecule has 1 rings (SSSR count). The third kappa shape index (κ3) is 1.39. The minimum atomic E-state index is -0.456. The zero-order chi connectivity index (χ0) is 6.85. The fourth-order valence-electron chi connectivity index (χ4n) is 0.429. The van der Waals surface area contributed by atoms with E-state index in [0.717, 1.165) is 0 Å². The van der Waals surface area contributed by atoms with E-state index in [1.165, 1.54) is 6.08 Å². The third-order valence-corrected chi connectivity index (χ3v) is 2.16. The fourth-order valence-corrected chi connectivity index (χ4v) is 0.822. The number of rotatable bonds is 0. The van der Waals surface area contributed by atoms with Crippen LogP contribution in [-0.4, -0.2) is 0 Å². The van der Waals surface area contributed by atoms with Gasteiger partial charge in [0, 0.05) is 15.9 Å². The quantitative estimate of drug-likeness (QED) is 0.537. The molecule has 0 aliphatic heterocycles. The number of halogens is 3. The summed E-state index contributed by atoms with van der Waals surface area (Å²) in [5.74, 6) is -0.456. The van der Waals surface area contributed by atoms with Gasteiger partial charge in [-0.1, -0.05) is 11.6 Å². The van der Waals surface area contributed by atoms with Crippen LogP contribution >= 0.6 is 27.5 Å². The van der Waals surface area contributed by atoms with Crippen molar-refractivity contribution in [2.24, 2.45) is 0 Å². The molecule has 0 aromatic carbocycles. The first-order chi connectivity index (χ1) is 4.22. The molecule has 0 amide bonds. The molecule has 0 nitrogen and oxygen atoms in total. The molecule has 0 unspecified atom stereocenters. The Bertz CT molecular complexity index is 215. The molecule has 0 fully saturated rings. The van der Waals surface area contributed by atoms with Crippen molar-refractivity contribution in [1.82, 2.24) is 0 Å². The summed E-state index contributed by atoms with van der Waals surface area (Å²) in [4.78, 5) is 0. The second kappa shape index (κ2) is 2.61. The van der Waals surface area contributed by atoms with Crippen LogP contribution in [0.2, 0.25) is 0 Å². The summed E-state index contributed by atoms with van der Waals surface area (Å²) in [6.45, 7) is 0. The van der Waals surface area contributed by atoms with Crippen LogP contribution in [0.15, 0.2) is 27.5 Å². The van der Waals surface area contributed by atoms with Crippen LogP contribution in [0.4, 0.5) is 4.39 Å². The van der Waals surface area contributed by atoms with Crippen LogP contribution in [-0.2, 0) is 0 Å². The Morgan fingerprint density at radius 3 is 2.78 bits per heavy atom. The van der Waals surface area contributed by atoms with Gasteiger partial charge < -0.3 is 0 Å². The van der Waals surface area contributed by atoms with E-state index in [0.29, 0.717) is 5.03 Å². The molecule has 9 heavy (non-hydrogen) atoms. The Labute approximate surface area is 65.8 Å². The number of allylic oxidation sites excluding steroid dienone is 6. The third-order valence-electron chi connectivity index (χ3n) is 0.842. The lowest BCUT2D eigenvalue weighted by atomic mass is 10.3. The van der Waals surface area contributed by atoms with Crippen LogP contribution < -0.4 is 0 Å². The van der Waals surface area contributed by atoms with Crippen molar-refractivity contribution in [2.75, 3.05) is 0 Å². The van der Waals surface area contributed by atoms with Gasteiger partial charge in [0.2, 0.25) is 0 Å². The monoisotopic (exact) mass is 207 g/mol. The highest BCUT2D eigenvalue weighted by molar-refractivity contribution is 9.12. The number of hydrogen-bond acceptors (Lipinski definition) is 0. The Hall–Kier alpha value is -0.170.